The molecule has 180 valence electrons. The zero-order chi connectivity index (χ0) is 24.1. The van der Waals surface area contributed by atoms with Crippen LogP contribution in [-0.4, -0.2) is 55.5 Å². The molecule has 0 spiro atoms. The summed E-state index contributed by atoms with van der Waals surface area (Å²) in [6, 6.07) is 15.7. The van der Waals surface area contributed by atoms with E-state index in [1.807, 2.05) is 24.3 Å². The van der Waals surface area contributed by atoms with Crippen LogP contribution in [0.4, 0.5) is 4.79 Å². The molecule has 2 aliphatic rings. The number of carbonyl (C=O) groups excluding carboxylic acids is 2. The first-order valence-electron chi connectivity index (χ1n) is 11.6. The van der Waals surface area contributed by atoms with Crippen LogP contribution in [0.25, 0.3) is 11.1 Å². The number of amides is 2. The van der Waals surface area contributed by atoms with Gasteiger partial charge in [-0.15, -0.1) is 0 Å². The fourth-order valence-electron chi connectivity index (χ4n) is 4.75. The molecule has 1 saturated heterocycles. The van der Waals surface area contributed by atoms with Crippen LogP contribution < -0.4 is 10.6 Å². The van der Waals surface area contributed by atoms with Crippen LogP contribution in [0.5, 0.6) is 0 Å². The summed E-state index contributed by atoms with van der Waals surface area (Å²) in [6.07, 6.45) is 0.517. The zero-order valence-electron chi connectivity index (χ0n) is 19.2. The first kappa shape index (κ1) is 23.8. The van der Waals surface area contributed by atoms with Gasteiger partial charge in [-0.1, -0.05) is 48.5 Å². The van der Waals surface area contributed by atoms with Crippen molar-refractivity contribution in [3.8, 4) is 11.1 Å². The molecule has 1 unspecified atom stereocenters. The fraction of sp³-hybridized carbons (Fsp3) is 0.423. The van der Waals surface area contributed by atoms with E-state index in [9.17, 15) is 19.5 Å². The molecule has 3 N–H and O–H groups in total. The van der Waals surface area contributed by atoms with Crippen LogP contribution in [-0.2, 0) is 19.1 Å². The van der Waals surface area contributed by atoms with Gasteiger partial charge in [0.05, 0.1) is 6.61 Å². The van der Waals surface area contributed by atoms with Crippen molar-refractivity contribution in [1.29, 1.82) is 0 Å². The van der Waals surface area contributed by atoms with Crippen LogP contribution in [0.1, 0.15) is 43.2 Å². The molecule has 8 heteroatoms. The Labute approximate surface area is 198 Å². The average Bonchev–Trinajstić information content (AvgIpc) is 3.15. The molecule has 1 aliphatic heterocycles. The minimum absolute atomic E-state index is 0.00116. The molecule has 2 aromatic rings. The van der Waals surface area contributed by atoms with E-state index >= 15 is 0 Å². The van der Waals surface area contributed by atoms with E-state index in [4.69, 9.17) is 9.47 Å². The van der Waals surface area contributed by atoms with Crippen molar-refractivity contribution in [3.05, 3.63) is 59.7 Å². The molecule has 2 atom stereocenters. The summed E-state index contributed by atoms with van der Waals surface area (Å²) in [6.45, 7) is 2.51. The third kappa shape index (κ3) is 5.07. The number of carbonyl (C=O) groups is 3. The molecular weight excluding hydrogens is 436 g/mol. The summed E-state index contributed by atoms with van der Waals surface area (Å²) in [4.78, 5) is 36.4. The van der Waals surface area contributed by atoms with E-state index in [0.29, 0.717) is 19.4 Å². The number of aliphatic carboxylic acids is 1. The second kappa shape index (κ2) is 10.3. The Morgan fingerprint density at radius 2 is 1.76 bits per heavy atom. The highest BCUT2D eigenvalue weighted by molar-refractivity contribution is 5.81. The van der Waals surface area contributed by atoms with Gasteiger partial charge in [0.25, 0.3) is 0 Å². The highest BCUT2D eigenvalue weighted by Gasteiger charge is 2.41. The SMILES string of the molecule is C[C@@H](CC(=O)NCC1(C(=O)O)CCCOC1)NC(=O)OCC1c2ccccc2-c2ccccc21. The van der Waals surface area contributed by atoms with Crippen LogP contribution in [0.2, 0.25) is 0 Å². The molecule has 8 nitrogen and oxygen atoms in total. The van der Waals surface area contributed by atoms with Gasteiger partial charge in [0, 0.05) is 31.5 Å². The number of hydrogen-bond acceptors (Lipinski definition) is 5. The third-order valence-electron chi connectivity index (χ3n) is 6.60. The molecule has 34 heavy (non-hydrogen) atoms. The normalized spacial score (nSPS) is 20.0. The maximum Gasteiger partial charge on any atom is 0.407 e. The maximum atomic E-state index is 12.4. The van der Waals surface area contributed by atoms with E-state index in [1.165, 1.54) is 0 Å². The van der Waals surface area contributed by atoms with Crippen molar-refractivity contribution in [2.75, 3.05) is 26.4 Å². The summed E-state index contributed by atoms with van der Waals surface area (Å²) in [5.41, 5.74) is 3.46. The lowest BCUT2D eigenvalue weighted by Crippen LogP contribution is -2.49. The summed E-state index contributed by atoms with van der Waals surface area (Å²) >= 11 is 0. The first-order valence-corrected chi connectivity index (χ1v) is 11.6. The lowest BCUT2D eigenvalue weighted by atomic mass is 9.82. The molecule has 1 heterocycles. The van der Waals surface area contributed by atoms with Crippen LogP contribution in [0.15, 0.2) is 48.5 Å². The second-order valence-corrected chi connectivity index (χ2v) is 9.09. The summed E-state index contributed by atoms with van der Waals surface area (Å²) < 4.78 is 10.8. The maximum absolute atomic E-state index is 12.4. The molecule has 4 rings (SSSR count). The quantitative estimate of drug-likeness (QED) is 0.550. The monoisotopic (exact) mass is 466 g/mol. The molecule has 2 aromatic carbocycles. The lowest BCUT2D eigenvalue weighted by Gasteiger charge is -2.33. The van der Waals surface area contributed by atoms with Crippen molar-refractivity contribution in [1.82, 2.24) is 10.6 Å². The van der Waals surface area contributed by atoms with Gasteiger partial charge in [-0.05, 0) is 42.0 Å². The topological polar surface area (TPSA) is 114 Å². The largest absolute Gasteiger partial charge is 0.481 e. The van der Waals surface area contributed by atoms with E-state index in [0.717, 1.165) is 22.3 Å². The lowest BCUT2D eigenvalue weighted by molar-refractivity contribution is -0.157. The van der Waals surface area contributed by atoms with E-state index in [2.05, 4.69) is 34.9 Å². The molecule has 2 amide bonds. The molecule has 1 fully saturated rings. The number of rotatable bonds is 8. The van der Waals surface area contributed by atoms with Crippen molar-refractivity contribution >= 4 is 18.0 Å². The van der Waals surface area contributed by atoms with Gasteiger partial charge in [-0.25, -0.2) is 4.79 Å². The fourth-order valence-corrected chi connectivity index (χ4v) is 4.75. The third-order valence-corrected chi connectivity index (χ3v) is 6.60. The number of alkyl carbamates (subject to hydrolysis) is 1. The van der Waals surface area contributed by atoms with E-state index < -0.39 is 23.5 Å². The van der Waals surface area contributed by atoms with Crippen molar-refractivity contribution in [2.45, 2.75) is 38.1 Å². The first-order chi connectivity index (χ1) is 16.4. The second-order valence-electron chi connectivity index (χ2n) is 9.09. The minimum Gasteiger partial charge on any atom is -0.481 e. The molecule has 0 radical (unpaired) electrons. The zero-order valence-corrected chi connectivity index (χ0v) is 19.2. The summed E-state index contributed by atoms with van der Waals surface area (Å²) in [5.74, 6) is -1.35. The summed E-state index contributed by atoms with van der Waals surface area (Å²) in [7, 11) is 0. The Morgan fingerprint density at radius 1 is 1.12 bits per heavy atom. The number of nitrogens with one attached hydrogen (secondary N) is 2. The van der Waals surface area contributed by atoms with E-state index in [1.54, 1.807) is 6.92 Å². The smallest absolute Gasteiger partial charge is 0.407 e. The number of carboxylic acid groups (broad SMARTS) is 1. The standard InChI is InChI=1S/C26H30N2O6/c1-17(13-23(29)27-15-26(24(30)31)11-6-12-33-16-26)28-25(32)34-14-22-20-9-4-2-7-18(20)19-8-3-5-10-21(19)22/h2-5,7-10,17,22H,6,11-16H2,1H3,(H,27,29)(H,28,32)(H,30,31)/t17-,26?/m0/s1. The molecule has 0 aromatic heterocycles. The molecule has 0 bridgehead atoms. The van der Waals surface area contributed by atoms with Crippen molar-refractivity contribution in [3.63, 3.8) is 0 Å². The van der Waals surface area contributed by atoms with Crippen LogP contribution in [0.3, 0.4) is 0 Å². The number of ether oxygens (including phenoxy) is 2. The average molecular weight is 467 g/mol. The number of carboxylic acids is 1. The Morgan fingerprint density at radius 3 is 2.35 bits per heavy atom. The van der Waals surface area contributed by atoms with Crippen molar-refractivity contribution < 1.29 is 29.0 Å². The van der Waals surface area contributed by atoms with Crippen LogP contribution in [0, 0.1) is 5.41 Å². The Hall–Kier alpha value is -3.39. The molecule has 0 saturated carbocycles. The van der Waals surface area contributed by atoms with Gasteiger partial charge in [0.2, 0.25) is 5.91 Å². The number of fused-ring (bicyclic) bond motifs is 3. The van der Waals surface area contributed by atoms with Gasteiger partial charge in [-0.2, -0.15) is 0 Å². The predicted molar refractivity (Wildman–Crippen MR) is 125 cm³/mol. The Balaban J connectivity index is 1.26. The number of hydrogen-bond donors (Lipinski definition) is 3. The van der Waals surface area contributed by atoms with Gasteiger partial charge in [0.15, 0.2) is 0 Å². The summed E-state index contributed by atoms with van der Waals surface area (Å²) in [5, 5.41) is 14.9. The van der Waals surface area contributed by atoms with Crippen molar-refractivity contribution in [2.24, 2.45) is 5.41 Å². The number of benzene rings is 2. The van der Waals surface area contributed by atoms with Gasteiger partial charge >= 0.3 is 12.1 Å². The van der Waals surface area contributed by atoms with Gasteiger partial charge < -0.3 is 25.2 Å². The highest BCUT2D eigenvalue weighted by Crippen LogP contribution is 2.44. The predicted octanol–water partition coefficient (Wildman–Crippen LogP) is 3.30. The molecule has 1 aliphatic carbocycles. The molecular formula is C26H30N2O6. The Bertz CT molecular complexity index is 1020. The van der Waals surface area contributed by atoms with E-state index in [-0.39, 0.29) is 38.0 Å². The van der Waals surface area contributed by atoms with Crippen LogP contribution >= 0.6 is 0 Å². The minimum atomic E-state index is -1.10. The Kier molecular flexibility index (Phi) is 7.17. The highest BCUT2D eigenvalue weighted by atomic mass is 16.5. The van der Waals surface area contributed by atoms with Gasteiger partial charge in [0.1, 0.15) is 12.0 Å². The van der Waals surface area contributed by atoms with Gasteiger partial charge in [-0.3, -0.25) is 9.59 Å².